The summed E-state index contributed by atoms with van der Waals surface area (Å²) >= 11 is 13.5. The molecule has 0 radical (unpaired) electrons. The lowest BCUT2D eigenvalue weighted by Crippen LogP contribution is -2.55. The van der Waals surface area contributed by atoms with E-state index in [1.54, 1.807) is 0 Å². The molecule has 1 fully saturated rings. The highest BCUT2D eigenvalue weighted by atomic mass is 79.9. The van der Waals surface area contributed by atoms with Crippen LogP contribution in [0.1, 0.15) is 0 Å². The quantitative estimate of drug-likeness (QED) is 0.574. The molecular weight excluding hydrogens is 424 g/mol. The van der Waals surface area contributed by atoms with Gasteiger partial charge in [0.1, 0.15) is 0 Å². The van der Waals surface area contributed by atoms with Gasteiger partial charge in [-0.3, -0.25) is 0 Å². The monoisotopic (exact) mass is 428 g/mol. The minimum Gasteiger partial charge on any atom is -0.389 e. The summed E-state index contributed by atoms with van der Waals surface area (Å²) in [6.45, 7) is 0. The average Bonchev–Trinajstić information content (AvgIpc) is 2.08. The highest BCUT2D eigenvalue weighted by molar-refractivity contribution is 9.14. The molecule has 0 aromatic rings. The van der Waals surface area contributed by atoms with Gasteiger partial charge >= 0.3 is 0 Å². The number of rotatable bonds is 0. The van der Waals surface area contributed by atoms with Crippen molar-refractivity contribution in [1.82, 2.24) is 0 Å². The molecule has 1 aliphatic rings. The van der Waals surface area contributed by atoms with Gasteiger partial charge < -0.3 is 10.2 Å². The number of aliphatic hydroxyl groups excluding tert-OH is 2. The van der Waals surface area contributed by atoms with Crippen LogP contribution in [0.25, 0.3) is 0 Å². The standard InChI is InChI=1S/C6H8Br4O2/c7-1-2(8)4(10)6(12)5(11)3(1)9/h1-6,11-12H/t1-,2-,3+,4+,5-,6+/m1/s1. The fraction of sp³-hybridized carbons (Fsp3) is 1.00. The molecule has 1 aliphatic carbocycles. The molecular formula is C6H8Br4O2. The molecule has 1 rings (SSSR count). The first kappa shape index (κ1) is 11.9. The Balaban J connectivity index is 2.76. The van der Waals surface area contributed by atoms with E-state index >= 15 is 0 Å². The fourth-order valence-corrected chi connectivity index (χ4v) is 4.49. The molecule has 6 atom stereocenters. The SMILES string of the molecule is O[C@@H]1[C@H](O)[C@@H](Br)[C@H](Br)[C@@H](Br)[C@@H]1Br. The van der Waals surface area contributed by atoms with Crippen LogP contribution in [0.2, 0.25) is 0 Å². The molecule has 1 saturated carbocycles. The molecule has 0 aliphatic heterocycles. The topological polar surface area (TPSA) is 40.5 Å². The van der Waals surface area contributed by atoms with Crippen LogP contribution in [0.5, 0.6) is 0 Å². The Morgan fingerprint density at radius 2 is 0.833 bits per heavy atom. The average molecular weight is 432 g/mol. The van der Waals surface area contributed by atoms with Crippen LogP contribution in [0.3, 0.4) is 0 Å². The van der Waals surface area contributed by atoms with E-state index in [4.69, 9.17) is 0 Å². The Bertz CT molecular complexity index is 109. The van der Waals surface area contributed by atoms with E-state index in [1.165, 1.54) is 0 Å². The fourth-order valence-electron chi connectivity index (χ4n) is 1.10. The van der Waals surface area contributed by atoms with E-state index in [9.17, 15) is 10.2 Å². The van der Waals surface area contributed by atoms with Crippen molar-refractivity contribution in [1.29, 1.82) is 0 Å². The van der Waals surface area contributed by atoms with Gasteiger partial charge in [-0.1, -0.05) is 63.7 Å². The predicted molar refractivity (Wildman–Crippen MR) is 62.9 cm³/mol. The molecule has 2 nitrogen and oxygen atoms in total. The first-order valence-electron chi connectivity index (χ1n) is 3.39. The summed E-state index contributed by atoms with van der Waals surface area (Å²) in [4.78, 5) is -0.0723. The summed E-state index contributed by atoms with van der Waals surface area (Å²) < 4.78 is 0. The van der Waals surface area contributed by atoms with E-state index in [0.29, 0.717) is 0 Å². The van der Waals surface area contributed by atoms with Crippen molar-refractivity contribution < 1.29 is 10.2 Å². The van der Waals surface area contributed by atoms with Crippen LogP contribution < -0.4 is 0 Å². The molecule has 0 amide bonds. The van der Waals surface area contributed by atoms with Gasteiger partial charge in [0.05, 0.1) is 21.9 Å². The number of aliphatic hydroxyl groups is 2. The Kier molecular flexibility index (Phi) is 4.54. The van der Waals surface area contributed by atoms with Crippen molar-refractivity contribution in [3.05, 3.63) is 0 Å². The zero-order chi connectivity index (χ0) is 9.46. The summed E-state index contributed by atoms with van der Waals surface area (Å²) in [5, 5.41) is 19.1. The van der Waals surface area contributed by atoms with Gasteiger partial charge in [-0.2, -0.15) is 0 Å². The second kappa shape index (κ2) is 4.57. The molecule has 0 aromatic carbocycles. The number of hydrogen-bond acceptors (Lipinski definition) is 2. The first-order chi connectivity index (χ1) is 5.46. The molecule has 12 heavy (non-hydrogen) atoms. The van der Waals surface area contributed by atoms with Gasteiger partial charge in [0.2, 0.25) is 0 Å². The molecule has 0 heterocycles. The van der Waals surface area contributed by atoms with Crippen LogP contribution >= 0.6 is 63.7 Å². The second-order valence-corrected chi connectivity index (χ2v) is 6.99. The van der Waals surface area contributed by atoms with E-state index in [2.05, 4.69) is 63.7 Å². The van der Waals surface area contributed by atoms with Crippen LogP contribution in [0.15, 0.2) is 0 Å². The maximum absolute atomic E-state index is 9.53. The minimum atomic E-state index is -0.743. The van der Waals surface area contributed by atoms with Crippen molar-refractivity contribution in [2.45, 2.75) is 31.5 Å². The molecule has 6 heteroatoms. The molecule has 2 N–H and O–H groups in total. The van der Waals surface area contributed by atoms with Gasteiger partial charge in [0.15, 0.2) is 0 Å². The van der Waals surface area contributed by atoms with Crippen molar-refractivity contribution in [2.75, 3.05) is 0 Å². The smallest absolute Gasteiger partial charge is 0.0946 e. The van der Waals surface area contributed by atoms with E-state index in [-0.39, 0.29) is 19.3 Å². The highest BCUT2D eigenvalue weighted by Gasteiger charge is 2.45. The maximum Gasteiger partial charge on any atom is 0.0946 e. The summed E-state index contributed by atoms with van der Waals surface area (Å²) in [6.07, 6.45) is -1.49. The zero-order valence-electron chi connectivity index (χ0n) is 5.87. The van der Waals surface area contributed by atoms with Crippen LogP contribution in [-0.2, 0) is 0 Å². The summed E-state index contributed by atoms with van der Waals surface area (Å²) in [7, 11) is 0. The molecule has 0 saturated heterocycles. The van der Waals surface area contributed by atoms with Gasteiger partial charge in [-0.15, -0.1) is 0 Å². The van der Waals surface area contributed by atoms with Crippen molar-refractivity contribution in [2.24, 2.45) is 0 Å². The van der Waals surface area contributed by atoms with Gasteiger partial charge in [-0.25, -0.2) is 0 Å². The molecule has 0 bridgehead atoms. The third kappa shape index (κ3) is 2.08. The Labute approximate surface area is 105 Å². The third-order valence-electron chi connectivity index (χ3n) is 1.92. The first-order valence-corrected chi connectivity index (χ1v) is 7.05. The normalized spacial score (nSPS) is 55.5. The summed E-state index contributed by atoms with van der Waals surface area (Å²) in [5.74, 6) is 0. The number of hydrogen-bond donors (Lipinski definition) is 2. The minimum absolute atomic E-state index is 0.0975. The lowest BCUT2D eigenvalue weighted by molar-refractivity contribution is 0.00688. The van der Waals surface area contributed by atoms with Gasteiger partial charge in [0.25, 0.3) is 0 Å². The molecule has 0 spiro atoms. The predicted octanol–water partition coefficient (Wildman–Crippen LogP) is 1.78. The van der Waals surface area contributed by atoms with Crippen LogP contribution in [0.4, 0.5) is 0 Å². The lowest BCUT2D eigenvalue weighted by atomic mass is 9.94. The Morgan fingerprint density at radius 3 is 1.08 bits per heavy atom. The number of halogens is 4. The molecule has 0 aromatic heterocycles. The second-order valence-electron chi connectivity index (χ2n) is 2.76. The maximum atomic E-state index is 9.53. The Morgan fingerprint density at radius 1 is 0.583 bits per heavy atom. The van der Waals surface area contributed by atoms with Gasteiger partial charge in [-0.05, 0) is 0 Å². The highest BCUT2D eigenvalue weighted by Crippen LogP contribution is 2.38. The van der Waals surface area contributed by atoms with E-state index in [0.717, 1.165) is 0 Å². The van der Waals surface area contributed by atoms with Gasteiger partial charge in [0, 0.05) is 9.65 Å². The van der Waals surface area contributed by atoms with E-state index < -0.39 is 12.2 Å². The van der Waals surface area contributed by atoms with Crippen molar-refractivity contribution in [3.8, 4) is 0 Å². The van der Waals surface area contributed by atoms with Crippen LogP contribution in [-0.4, -0.2) is 41.7 Å². The van der Waals surface area contributed by atoms with Crippen LogP contribution in [0, 0.1) is 0 Å². The lowest BCUT2D eigenvalue weighted by Gasteiger charge is -2.39. The molecule has 0 unspecified atom stereocenters. The van der Waals surface area contributed by atoms with E-state index in [1.807, 2.05) is 0 Å². The van der Waals surface area contributed by atoms with Crippen molar-refractivity contribution >= 4 is 63.7 Å². The summed E-state index contributed by atoms with van der Waals surface area (Å²) in [5.41, 5.74) is 0. The number of alkyl halides is 4. The third-order valence-corrected chi connectivity index (χ3v) is 8.54. The van der Waals surface area contributed by atoms with Crippen molar-refractivity contribution in [3.63, 3.8) is 0 Å². The Hall–Kier alpha value is 1.84. The zero-order valence-corrected chi connectivity index (χ0v) is 12.2. The largest absolute Gasteiger partial charge is 0.389 e. The molecule has 72 valence electrons. The summed E-state index contributed by atoms with van der Waals surface area (Å²) in [6, 6.07) is 0.